The SMILES string of the molecule is CC(CO)Sc1ccc2ncoc2c1. The van der Waals surface area contributed by atoms with Crippen LogP contribution in [0, 0.1) is 0 Å². The van der Waals surface area contributed by atoms with E-state index < -0.39 is 0 Å². The molecule has 0 saturated heterocycles. The molecule has 0 aliphatic rings. The Labute approximate surface area is 86.1 Å². The Balaban J connectivity index is 2.25. The summed E-state index contributed by atoms with van der Waals surface area (Å²) in [5.74, 6) is 0. The molecule has 0 radical (unpaired) electrons. The van der Waals surface area contributed by atoms with Gasteiger partial charge in [-0.05, 0) is 18.2 Å². The summed E-state index contributed by atoms with van der Waals surface area (Å²) in [5, 5.41) is 9.12. The van der Waals surface area contributed by atoms with Crippen LogP contribution in [0.2, 0.25) is 0 Å². The van der Waals surface area contributed by atoms with Crippen molar-refractivity contribution in [3.05, 3.63) is 24.6 Å². The number of nitrogens with zero attached hydrogens (tertiary/aromatic N) is 1. The Hall–Kier alpha value is -1.00. The van der Waals surface area contributed by atoms with Gasteiger partial charge in [-0.15, -0.1) is 11.8 Å². The predicted octanol–water partition coefficient (Wildman–Crippen LogP) is 2.30. The molecule has 1 unspecified atom stereocenters. The van der Waals surface area contributed by atoms with Gasteiger partial charge in [0.25, 0.3) is 0 Å². The molecule has 3 nitrogen and oxygen atoms in total. The van der Waals surface area contributed by atoms with Gasteiger partial charge in [0.15, 0.2) is 12.0 Å². The van der Waals surface area contributed by atoms with Gasteiger partial charge in [-0.2, -0.15) is 0 Å². The number of fused-ring (bicyclic) bond motifs is 1. The number of hydrogen-bond acceptors (Lipinski definition) is 4. The summed E-state index contributed by atoms with van der Waals surface area (Å²) in [4.78, 5) is 5.13. The highest BCUT2D eigenvalue weighted by Crippen LogP contribution is 2.26. The van der Waals surface area contributed by atoms with E-state index in [1.807, 2.05) is 25.1 Å². The standard InChI is InChI=1S/C10H11NO2S/c1-7(5-12)14-8-2-3-9-10(4-8)13-6-11-9/h2-4,6-7,12H,5H2,1H3. The Bertz CT molecular complexity index is 427. The third-order valence-electron chi connectivity index (χ3n) is 1.90. The van der Waals surface area contributed by atoms with E-state index >= 15 is 0 Å². The molecule has 0 spiro atoms. The molecular formula is C10H11NO2S. The van der Waals surface area contributed by atoms with Crippen molar-refractivity contribution >= 4 is 22.9 Å². The van der Waals surface area contributed by atoms with Crippen LogP contribution in [0.15, 0.2) is 33.9 Å². The monoisotopic (exact) mass is 209 g/mol. The fourth-order valence-corrected chi connectivity index (χ4v) is 2.04. The second-order valence-corrected chi connectivity index (χ2v) is 4.60. The third-order valence-corrected chi connectivity index (χ3v) is 2.97. The maximum Gasteiger partial charge on any atom is 0.181 e. The molecule has 2 aromatic rings. The van der Waals surface area contributed by atoms with Crippen LogP contribution < -0.4 is 0 Å². The summed E-state index contributed by atoms with van der Waals surface area (Å²) in [6.07, 6.45) is 1.44. The first-order chi connectivity index (χ1) is 6.79. The van der Waals surface area contributed by atoms with E-state index in [2.05, 4.69) is 4.98 Å². The lowest BCUT2D eigenvalue weighted by atomic mass is 10.3. The molecule has 0 fully saturated rings. The summed E-state index contributed by atoms with van der Waals surface area (Å²) in [5.41, 5.74) is 1.66. The van der Waals surface area contributed by atoms with Crippen LogP contribution in [0.1, 0.15) is 6.92 Å². The smallest absolute Gasteiger partial charge is 0.181 e. The first-order valence-corrected chi connectivity index (χ1v) is 5.28. The molecule has 0 bridgehead atoms. The largest absolute Gasteiger partial charge is 0.443 e. The molecular weight excluding hydrogens is 198 g/mol. The molecule has 14 heavy (non-hydrogen) atoms. The second-order valence-electron chi connectivity index (χ2n) is 3.09. The lowest BCUT2D eigenvalue weighted by Gasteiger charge is -2.06. The fraction of sp³-hybridized carbons (Fsp3) is 0.300. The average Bonchev–Trinajstić information content (AvgIpc) is 2.64. The Kier molecular flexibility index (Phi) is 2.74. The molecule has 1 atom stereocenters. The molecule has 1 heterocycles. The Morgan fingerprint density at radius 1 is 1.57 bits per heavy atom. The van der Waals surface area contributed by atoms with Crippen molar-refractivity contribution < 1.29 is 9.52 Å². The number of hydrogen-bond donors (Lipinski definition) is 1. The van der Waals surface area contributed by atoms with E-state index in [9.17, 15) is 0 Å². The summed E-state index contributed by atoms with van der Waals surface area (Å²) in [7, 11) is 0. The molecule has 0 aliphatic carbocycles. The minimum Gasteiger partial charge on any atom is -0.443 e. The zero-order valence-corrected chi connectivity index (χ0v) is 8.62. The van der Waals surface area contributed by atoms with Crippen LogP contribution in [-0.2, 0) is 0 Å². The number of aromatic nitrogens is 1. The lowest BCUT2D eigenvalue weighted by molar-refractivity contribution is 0.300. The van der Waals surface area contributed by atoms with Crippen LogP contribution >= 0.6 is 11.8 Å². The molecule has 74 valence electrons. The lowest BCUT2D eigenvalue weighted by Crippen LogP contribution is -2.00. The normalized spacial score (nSPS) is 13.3. The number of oxazole rings is 1. The quantitative estimate of drug-likeness (QED) is 0.788. The molecule has 0 amide bonds. The molecule has 1 aromatic heterocycles. The van der Waals surface area contributed by atoms with Crippen molar-refractivity contribution in [2.24, 2.45) is 0 Å². The fourth-order valence-electron chi connectivity index (χ4n) is 1.18. The van der Waals surface area contributed by atoms with Crippen LogP contribution in [0.5, 0.6) is 0 Å². The van der Waals surface area contributed by atoms with E-state index in [0.717, 1.165) is 16.0 Å². The topological polar surface area (TPSA) is 46.3 Å². The number of thioether (sulfide) groups is 1. The minimum absolute atomic E-state index is 0.180. The highest BCUT2D eigenvalue weighted by molar-refractivity contribution is 8.00. The van der Waals surface area contributed by atoms with Crippen molar-refractivity contribution in [1.29, 1.82) is 0 Å². The summed E-state index contributed by atoms with van der Waals surface area (Å²) in [6, 6.07) is 5.85. The number of benzene rings is 1. The van der Waals surface area contributed by atoms with E-state index in [4.69, 9.17) is 9.52 Å². The van der Waals surface area contributed by atoms with Crippen molar-refractivity contribution in [3.63, 3.8) is 0 Å². The Morgan fingerprint density at radius 3 is 3.21 bits per heavy atom. The van der Waals surface area contributed by atoms with Gasteiger partial charge in [0.2, 0.25) is 0 Å². The summed E-state index contributed by atoms with van der Waals surface area (Å²) >= 11 is 1.62. The molecule has 1 N–H and O–H groups in total. The van der Waals surface area contributed by atoms with Gasteiger partial charge in [-0.1, -0.05) is 6.92 Å². The van der Waals surface area contributed by atoms with Crippen molar-refractivity contribution in [2.75, 3.05) is 6.61 Å². The first kappa shape index (κ1) is 9.55. The highest BCUT2D eigenvalue weighted by atomic mass is 32.2. The molecule has 4 heteroatoms. The maximum absolute atomic E-state index is 8.91. The van der Waals surface area contributed by atoms with E-state index in [-0.39, 0.29) is 11.9 Å². The van der Waals surface area contributed by atoms with Gasteiger partial charge < -0.3 is 9.52 Å². The zero-order chi connectivity index (χ0) is 9.97. The summed E-state index contributed by atoms with van der Waals surface area (Å²) < 4.78 is 5.19. The van der Waals surface area contributed by atoms with Gasteiger partial charge in [-0.3, -0.25) is 0 Å². The van der Waals surface area contributed by atoms with Crippen LogP contribution in [0.3, 0.4) is 0 Å². The Morgan fingerprint density at radius 2 is 2.43 bits per heavy atom. The van der Waals surface area contributed by atoms with Gasteiger partial charge in [0.05, 0.1) is 6.61 Å². The number of aliphatic hydroxyl groups is 1. The van der Waals surface area contributed by atoms with Crippen LogP contribution in [-0.4, -0.2) is 21.9 Å². The van der Waals surface area contributed by atoms with E-state index in [1.165, 1.54) is 6.39 Å². The summed E-state index contributed by atoms with van der Waals surface area (Å²) in [6.45, 7) is 2.16. The van der Waals surface area contributed by atoms with Gasteiger partial charge in [-0.25, -0.2) is 4.98 Å². The van der Waals surface area contributed by atoms with Gasteiger partial charge in [0.1, 0.15) is 5.52 Å². The molecule has 2 rings (SSSR count). The van der Waals surface area contributed by atoms with E-state index in [1.54, 1.807) is 11.8 Å². The molecule has 0 aliphatic heterocycles. The van der Waals surface area contributed by atoms with Crippen molar-refractivity contribution in [2.45, 2.75) is 17.1 Å². The van der Waals surface area contributed by atoms with E-state index in [0.29, 0.717) is 0 Å². The predicted molar refractivity (Wildman–Crippen MR) is 56.4 cm³/mol. The number of aliphatic hydroxyl groups excluding tert-OH is 1. The van der Waals surface area contributed by atoms with Crippen LogP contribution in [0.25, 0.3) is 11.1 Å². The molecule has 0 saturated carbocycles. The zero-order valence-electron chi connectivity index (χ0n) is 7.80. The van der Waals surface area contributed by atoms with Crippen LogP contribution in [0.4, 0.5) is 0 Å². The molecule has 1 aromatic carbocycles. The highest BCUT2D eigenvalue weighted by Gasteiger charge is 2.05. The maximum atomic E-state index is 8.91. The van der Waals surface area contributed by atoms with Crippen molar-refractivity contribution in [3.8, 4) is 0 Å². The van der Waals surface area contributed by atoms with Gasteiger partial charge in [0, 0.05) is 10.1 Å². The van der Waals surface area contributed by atoms with Gasteiger partial charge >= 0.3 is 0 Å². The third kappa shape index (κ3) is 1.91. The first-order valence-electron chi connectivity index (χ1n) is 4.40. The van der Waals surface area contributed by atoms with Crippen molar-refractivity contribution in [1.82, 2.24) is 4.98 Å². The number of rotatable bonds is 3. The second kappa shape index (κ2) is 4.02. The average molecular weight is 209 g/mol. The minimum atomic E-state index is 0.180.